The van der Waals surface area contributed by atoms with Gasteiger partial charge in [-0.25, -0.2) is 0 Å². The third kappa shape index (κ3) is 4.22. The van der Waals surface area contributed by atoms with Gasteiger partial charge in [-0.3, -0.25) is 20.4 Å². The number of hydrogen-bond donors (Lipinski definition) is 2. The number of hydrogen-bond acceptors (Lipinski definition) is 3. The summed E-state index contributed by atoms with van der Waals surface area (Å²) < 4.78 is 7.25. The third-order valence-corrected chi connectivity index (χ3v) is 4.18. The van der Waals surface area contributed by atoms with Crippen LogP contribution in [0.2, 0.25) is 0 Å². The summed E-state index contributed by atoms with van der Waals surface area (Å²) in [5, 5.41) is 1.06. The minimum absolute atomic E-state index is 0.117. The lowest BCUT2D eigenvalue weighted by molar-refractivity contribution is -0.130. The summed E-state index contributed by atoms with van der Waals surface area (Å²) >= 11 is 0. The van der Waals surface area contributed by atoms with Gasteiger partial charge in [-0.05, 0) is 54.6 Å². The molecule has 1 heterocycles. The van der Waals surface area contributed by atoms with Crippen LogP contribution in [0.15, 0.2) is 54.7 Å². The molecule has 0 fully saturated rings. The molecular weight excluding hydrogens is 330 g/mol. The van der Waals surface area contributed by atoms with Crippen LogP contribution in [0.5, 0.6) is 5.75 Å². The summed E-state index contributed by atoms with van der Waals surface area (Å²) in [6.45, 7) is 3.93. The monoisotopic (exact) mass is 351 g/mol. The van der Waals surface area contributed by atoms with Gasteiger partial charge < -0.3 is 9.30 Å². The number of carbonyl (C=O) groups excluding carboxylic acids is 2. The van der Waals surface area contributed by atoms with Gasteiger partial charge >= 0.3 is 0 Å². The van der Waals surface area contributed by atoms with Gasteiger partial charge in [0.05, 0.1) is 0 Å². The van der Waals surface area contributed by atoms with E-state index in [1.165, 1.54) is 0 Å². The van der Waals surface area contributed by atoms with Crippen LogP contribution in [0.3, 0.4) is 0 Å². The number of carbonyl (C=O) groups is 2. The molecule has 6 heteroatoms. The molecule has 1 aromatic heterocycles. The average molecular weight is 351 g/mol. The highest BCUT2D eigenvalue weighted by molar-refractivity contribution is 5.85. The van der Waals surface area contributed by atoms with Crippen molar-refractivity contribution in [1.29, 1.82) is 0 Å². The molecule has 0 radical (unpaired) electrons. The topological polar surface area (TPSA) is 72.4 Å². The molecule has 26 heavy (non-hydrogen) atoms. The van der Waals surface area contributed by atoms with Crippen molar-refractivity contribution >= 4 is 22.7 Å². The predicted molar refractivity (Wildman–Crippen MR) is 99.6 cm³/mol. The number of aromatic nitrogens is 1. The van der Waals surface area contributed by atoms with Gasteiger partial charge in [0.1, 0.15) is 12.3 Å². The Labute approximate surface area is 151 Å². The molecule has 0 aliphatic heterocycles. The van der Waals surface area contributed by atoms with Crippen LogP contribution in [0.4, 0.5) is 0 Å². The van der Waals surface area contributed by atoms with Crippen LogP contribution in [0.25, 0.3) is 10.9 Å². The minimum Gasteiger partial charge on any atom is -0.484 e. The Morgan fingerprint density at radius 1 is 0.962 bits per heavy atom. The Morgan fingerprint density at radius 2 is 1.73 bits per heavy atom. The first-order valence-electron chi connectivity index (χ1n) is 8.34. The molecule has 134 valence electrons. The summed E-state index contributed by atoms with van der Waals surface area (Å²) in [5.41, 5.74) is 7.98. The van der Waals surface area contributed by atoms with Crippen molar-refractivity contribution in [1.82, 2.24) is 15.4 Å². The first-order valence-corrected chi connectivity index (χ1v) is 8.34. The molecule has 3 aromatic rings. The second-order valence-electron chi connectivity index (χ2n) is 6.13. The van der Waals surface area contributed by atoms with E-state index in [1.807, 2.05) is 73.1 Å². The van der Waals surface area contributed by atoms with E-state index in [0.717, 1.165) is 22.0 Å². The number of nitrogens with one attached hydrogen (secondary N) is 2. The van der Waals surface area contributed by atoms with Gasteiger partial charge in [-0.1, -0.05) is 24.3 Å². The molecule has 0 unspecified atom stereocenters. The standard InChI is InChI=1S/C20H21N3O3/c1-14-7-8-17(11-15(14)2)26-13-20(25)22-21-19(24)12-23-10-9-16-5-3-4-6-18(16)23/h3-11H,12-13H2,1-2H3,(H,21,24)(H,22,25). The van der Waals surface area contributed by atoms with Crippen molar-refractivity contribution in [2.75, 3.05) is 6.61 Å². The molecule has 2 amide bonds. The van der Waals surface area contributed by atoms with Crippen LogP contribution in [-0.2, 0) is 16.1 Å². The van der Waals surface area contributed by atoms with E-state index in [1.54, 1.807) is 0 Å². The fraction of sp³-hybridized carbons (Fsp3) is 0.200. The zero-order valence-electron chi connectivity index (χ0n) is 14.8. The molecule has 3 rings (SSSR count). The lowest BCUT2D eigenvalue weighted by atomic mass is 10.1. The molecule has 0 bridgehead atoms. The van der Waals surface area contributed by atoms with Crippen molar-refractivity contribution < 1.29 is 14.3 Å². The zero-order chi connectivity index (χ0) is 18.5. The fourth-order valence-corrected chi connectivity index (χ4v) is 2.60. The maximum absolute atomic E-state index is 12.0. The summed E-state index contributed by atoms with van der Waals surface area (Å²) in [4.78, 5) is 23.9. The molecule has 0 saturated heterocycles. The second kappa shape index (κ2) is 7.74. The molecule has 0 saturated carbocycles. The van der Waals surface area contributed by atoms with Crippen molar-refractivity contribution in [3.8, 4) is 5.75 Å². The van der Waals surface area contributed by atoms with Crippen molar-refractivity contribution in [2.45, 2.75) is 20.4 Å². The van der Waals surface area contributed by atoms with E-state index in [-0.39, 0.29) is 19.1 Å². The number of hydrazine groups is 1. The van der Waals surface area contributed by atoms with Gasteiger partial charge in [-0.2, -0.15) is 0 Å². The predicted octanol–water partition coefficient (Wildman–Crippen LogP) is 2.48. The Hall–Kier alpha value is -3.28. The van der Waals surface area contributed by atoms with E-state index >= 15 is 0 Å². The van der Waals surface area contributed by atoms with E-state index in [4.69, 9.17) is 4.74 Å². The number of benzene rings is 2. The van der Waals surface area contributed by atoms with Crippen LogP contribution in [-0.4, -0.2) is 23.0 Å². The van der Waals surface area contributed by atoms with E-state index in [0.29, 0.717) is 5.75 Å². The minimum atomic E-state index is -0.422. The Morgan fingerprint density at radius 3 is 2.54 bits per heavy atom. The number of nitrogens with zero attached hydrogens (tertiary/aromatic N) is 1. The van der Waals surface area contributed by atoms with Gasteiger partial charge in [0, 0.05) is 11.7 Å². The van der Waals surface area contributed by atoms with Crippen molar-refractivity contribution in [2.24, 2.45) is 0 Å². The van der Waals surface area contributed by atoms with E-state index < -0.39 is 5.91 Å². The quantitative estimate of drug-likeness (QED) is 0.694. The van der Waals surface area contributed by atoms with Gasteiger partial charge in [-0.15, -0.1) is 0 Å². The maximum Gasteiger partial charge on any atom is 0.276 e. The highest BCUT2D eigenvalue weighted by Crippen LogP contribution is 2.16. The van der Waals surface area contributed by atoms with Gasteiger partial charge in [0.15, 0.2) is 6.61 Å². The highest BCUT2D eigenvalue weighted by Gasteiger charge is 2.08. The summed E-state index contributed by atoms with van der Waals surface area (Å²) in [6.07, 6.45) is 1.84. The summed E-state index contributed by atoms with van der Waals surface area (Å²) in [7, 11) is 0. The number of ether oxygens (including phenoxy) is 1. The summed E-state index contributed by atoms with van der Waals surface area (Å²) in [5.74, 6) is -0.117. The lowest BCUT2D eigenvalue weighted by Gasteiger charge is -2.10. The van der Waals surface area contributed by atoms with Crippen molar-refractivity contribution in [3.05, 3.63) is 65.9 Å². The first-order chi connectivity index (χ1) is 12.5. The number of aryl methyl sites for hydroxylation is 2. The SMILES string of the molecule is Cc1ccc(OCC(=O)NNC(=O)Cn2ccc3ccccc32)cc1C. The molecule has 2 aromatic carbocycles. The molecule has 0 spiro atoms. The van der Waals surface area contributed by atoms with Crippen LogP contribution >= 0.6 is 0 Å². The number of amides is 2. The maximum atomic E-state index is 12.0. The van der Waals surface area contributed by atoms with Crippen LogP contribution in [0, 0.1) is 13.8 Å². The molecule has 2 N–H and O–H groups in total. The molecule has 0 aliphatic carbocycles. The van der Waals surface area contributed by atoms with Crippen LogP contribution in [0.1, 0.15) is 11.1 Å². The largest absolute Gasteiger partial charge is 0.484 e. The smallest absolute Gasteiger partial charge is 0.276 e. The number of fused-ring (bicyclic) bond motifs is 1. The number of rotatable bonds is 5. The molecule has 0 aliphatic rings. The lowest BCUT2D eigenvalue weighted by Crippen LogP contribution is -2.45. The molecular formula is C20H21N3O3. The third-order valence-electron chi connectivity index (χ3n) is 4.18. The number of para-hydroxylation sites is 1. The Balaban J connectivity index is 1.46. The average Bonchev–Trinajstić information content (AvgIpc) is 3.04. The van der Waals surface area contributed by atoms with Crippen LogP contribution < -0.4 is 15.6 Å². The van der Waals surface area contributed by atoms with Gasteiger partial charge in [0.2, 0.25) is 0 Å². The summed E-state index contributed by atoms with van der Waals surface area (Å²) in [6, 6.07) is 15.4. The van der Waals surface area contributed by atoms with E-state index in [9.17, 15) is 9.59 Å². The van der Waals surface area contributed by atoms with E-state index in [2.05, 4.69) is 10.9 Å². The molecule has 0 atom stereocenters. The second-order valence-corrected chi connectivity index (χ2v) is 6.13. The van der Waals surface area contributed by atoms with Crippen molar-refractivity contribution in [3.63, 3.8) is 0 Å². The first kappa shape index (κ1) is 17.5. The normalized spacial score (nSPS) is 10.5. The Kier molecular flexibility index (Phi) is 5.22. The van der Waals surface area contributed by atoms with Gasteiger partial charge in [0.25, 0.3) is 11.8 Å². The Bertz CT molecular complexity index is 946. The highest BCUT2D eigenvalue weighted by atomic mass is 16.5. The molecule has 6 nitrogen and oxygen atoms in total. The zero-order valence-corrected chi connectivity index (χ0v) is 14.8. The fourth-order valence-electron chi connectivity index (χ4n) is 2.60.